The van der Waals surface area contributed by atoms with Crippen molar-refractivity contribution in [2.75, 3.05) is 6.54 Å². The molecule has 1 heteroatoms. The van der Waals surface area contributed by atoms with Crippen LogP contribution in [0.3, 0.4) is 0 Å². The van der Waals surface area contributed by atoms with Gasteiger partial charge in [0.25, 0.3) is 0 Å². The molecular weight excluding hydrogens is 290 g/mol. The molecule has 0 unspecified atom stereocenters. The fourth-order valence-corrected chi connectivity index (χ4v) is 2.76. The molecule has 2 aromatic rings. The van der Waals surface area contributed by atoms with Crippen LogP contribution in [0.4, 0.5) is 0 Å². The van der Waals surface area contributed by atoms with Crippen molar-refractivity contribution in [3.05, 3.63) is 82.9 Å². The maximum atomic E-state index is 4.24. The Labute approximate surface area is 147 Å². The molecule has 0 saturated carbocycles. The predicted molar refractivity (Wildman–Crippen MR) is 107 cm³/mol. The van der Waals surface area contributed by atoms with E-state index in [9.17, 15) is 0 Å². The lowest BCUT2D eigenvalue weighted by Crippen LogP contribution is -2.18. The molecule has 0 heterocycles. The van der Waals surface area contributed by atoms with Crippen molar-refractivity contribution in [2.24, 2.45) is 0 Å². The molecule has 1 nitrogen and oxygen atoms in total. The summed E-state index contributed by atoms with van der Waals surface area (Å²) in [5.41, 5.74) is 8.82. The highest BCUT2D eigenvalue weighted by atomic mass is 14.9. The molecule has 0 bridgehead atoms. The van der Waals surface area contributed by atoms with Crippen LogP contribution in [0.1, 0.15) is 55.9 Å². The van der Waals surface area contributed by atoms with Gasteiger partial charge in [-0.25, -0.2) is 0 Å². The van der Waals surface area contributed by atoms with Gasteiger partial charge in [0.1, 0.15) is 0 Å². The number of benzene rings is 2. The van der Waals surface area contributed by atoms with Crippen LogP contribution in [0.2, 0.25) is 0 Å². The number of nitrogens with one attached hydrogen (secondary N) is 1. The lowest BCUT2D eigenvalue weighted by atomic mass is 9.95. The van der Waals surface area contributed by atoms with E-state index in [1.807, 2.05) is 0 Å². The summed E-state index contributed by atoms with van der Waals surface area (Å²) in [4.78, 5) is 0. The minimum Gasteiger partial charge on any atom is -0.384 e. The van der Waals surface area contributed by atoms with Crippen molar-refractivity contribution >= 4 is 11.3 Å². The van der Waals surface area contributed by atoms with Gasteiger partial charge >= 0.3 is 0 Å². The Bertz CT molecular complexity index is 734. The maximum absolute atomic E-state index is 4.24. The first-order valence-corrected chi connectivity index (χ1v) is 8.63. The van der Waals surface area contributed by atoms with E-state index in [0.29, 0.717) is 5.92 Å². The van der Waals surface area contributed by atoms with E-state index in [0.717, 1.165) is 17.8 Å². The summed E-state index contributed by atoms with van der Waals surface area (Å²) < 4.78 is 0. The van der Waals surface area contributed by atoms with Crippen molar-refractivity contribution in [1.82, 2.24) is 5.32 Å². The average molecular weight is 319 g/mol. The van der Waals surface area contributed by atoms with Gasteiger partial charge in [-0.15, -0.1) is 0 Å². The third kappa shape index (κ3) is 4.38. The summed E-state index contributed by atoms with van der Waals surface area (Å²) in [7, 11) is 0. The number of allylic oxidation sites excluding steroid dienone is 2. The van der Waals surface area contributed by atoms with Gasteiger partial charge in [0.15, 0.2) is 0 Å². The Morgan fingerprint density at radius 3 is 2.33 bits per heavy atom. The summed E-state index contributed by atoms with van der Waals surface area (Å²) >= 11 is 0. The summed E-state index contributed by atoms with van der Waals surface area (Å²) in [6, 6.07) is 17.2. The topological polar surface area (TPSA) is 12.0 Å². The van der Waals surface area contributed by atoms with Gasteiger partial charge in [0.05, 0.1) is 0 Å². The molecule has 2 aromatic carbocycles. The first-order valence-electron chi connectivity index (χ1n) is 8.63. The molecule has 0 radical (unpaired) electrons. The Balaban J connectivity index is 2.10. The van der Waals surface area contributed by atoms with Crippen LogP contribution in [0.5, 0.6) is 0 Å². The molecule has 126 valence electrons. The highest BCUT2D eigenvalue weighted by Gasteiger charge is 2.08. The van der Waals surface area contributed by atoms with Gasteiger partial charge in [-0.05, 0) is 67.5 Å². The van der Waals surface area contributed by atoms with Gasteiger partial charge in [-0.1, -0.05) is 61.5 Å². The van der Waals surface area contributed by atoms with Crippen molar-refractivity contribution in [3.63, 3.8) is 0 Å². The van der Waals surface area contributed by atoms with Crippen LogP contribution in [-0.4, -0.2) is 6.54 Å². The van der Waals surface area contributed by atoms with E-state index in [1.54, 1.807) is 0 Å². The van der Waals surface area contributed by atoms with Crippen LogP contribution in [-0.2, 0) is 0 Å². The maximum Gasteiger partial charge on any atom is 0.0341 e. The number of rotatable bonds is 6. The van der Waals surface area contributed by atoms with E-state index >= 15 is 0 Å². The van der Waals surface area contributed by atoms with Crippen LogP contribution in [0.15, 0.2) is 60.7 Å². The Hall–Kier alpha value is -2.28. The summed E-state index contributed by atoms with van der Waals surface area (Å²) in [5.74, 6) is 0.451. The van der Waals surface area contributed by atoms with E-state index < -0.39 is 0 Å². The molecule has 0 aliphatic carbocycles. The molecule has 0 fully saturated rings. The largest absolute Gasteiger partial charge is 0.384 e. The highest BCUT2D eigenvalue weighted by Crippen LogP contribution is 2.25. The van der Waals surface area contributed by atoms with Crippen LogP contribution < -0.4 is 5.32 Å². The van der Waals surface area contributed by atoms with Crippen LogP contribution >= 0.6 is 0 Å². The lowest BCUT2D eigenvalue weighted by molar-refractivity contribution is 0.711. The molecule has 2 rings (SSSR count). The minimum absolute atomic E-state index is 0.451. The molecule has 0 aliphatic rings. The molecule has 24 heavy (non-hydrogen) atoms. The van der Waals surface area contributed by atoms with E-state index in [-0.39, 0.29) is 0 Å². The fourth-order valence-electron chi connectivity index (χ4n) is 2.76. The van der Waals surface area contributed by atoms with Crippen LogP contribution in [0, 0.1) is 6.92 Å². The molecule has 0 spiro atoms. The highest BCUT2D eigenvalue weighted by molar-refractivity contribution is 5.73. The Morgan fingerprint density at radius 2 is 1.71 bits per heavy atom. The van der Waals surface area contributed by atoms with Gasteiger partial charge < -0.3 is 5.32 Å². The second-order valence-electron chi connectivity index (χ2n) is 6.83. The second-order valence-corrected chi connectivity index (χ2v) is 6.83. The first-order chi connectivity index (χ1) is 11.4. The molecule has 0 aliphatic heterocycles. The zero-order valence-electron chi connectivity index (χ0n) is 15.6. The minimum atomic E-state index is 0.451. The van der Waals surface area contributed by atoms with Crippen molar-refractivity contribution in [3.8, 4) is 0 Å². The third-order valence-corrected chi connectivity index (χ3v) is 4.73. The molecule has 0 amide bonds. The van der Waals surface area contributed by atoms with Crippen molar-refractivity contribution in [2.45, 2.75) is 40.5 Å². The summed E-state index contributed by atoms with van der Waals surface area (Å²) in [5, 5.41) is 3.50. The smallest absolute Gasteiger partial charge is 0.0341 e. The lowest BCUT2D eigenvalue weighted by Gasteiger charge is -2.17. The van der Waals surface area contributed by atoms with Gasteiger partial charge in [0.2, 0.25) is 0 Å². The third-order valence-electron chi connectivity index (χ3n) is 4.73. The molecule has 0 aromatic heterocycles. The van der Waals surface area contributed by atoms with E-state index in [4.69, 9.17) is 0 Å². The number of hydrogen-bond donors (Lipinski definition) is 1. The molecular formula is C23H29N. The van der Waals surface area contributed by atoms with Gasteiger partial charge in [-0.3, -0.25) is 0 Å². The zero-order chi connectivity index (χ0) is 17.7. The second kappa shape index (κ2) is 8.01. The summed E-state index contributed by atoms with van der Waals surface area (Å²) in [6.07, 6.45) is 0. The monoisotopic (exact) mass is 319 g/mol. The number of hydrogen-bond acceptors (Lipinski definition) is 1. The Morgan fingerprint density at radius 1 is 1.04 bits per heavy atom. The zero-order valence-corrected chi connectivity index (χ0v) is 15.6. The van der Waals surface area contributed by atoms with E-state index in [2.05, 4.69) is 95.0 Å². The van der Waals surface area contributed by atoms with Crippen molar-refractivity contribution < 1.29 is 0 Å². The summed E-state index contributed by atoms with van der Waals surface area (Å²) in [6.45, 7) is 16.0. The average Bonchev–Trinajstić information content (AvgIpc) is 2.59. The normalized spacial score (nSPS) is 11.7. The molecule has 1 N–H and O–H groups in total. The SMILES string of the molecule is C=C(NC[C@H](C)c1ccccc1)c1ccc(C)c(C(C)=C(C)C)c1. The van der Waals surface area contributed by atoms with Gasteiger partial charge in [-0.2, -0.15) is 0 Å². The van der Waals surface area contributed by atoms with Gasteiger partial charge in [0, 0.05) is 12.2 Å². The quantitative estimate of drug-likeness (QED) is 0.671. The standard InChI is InChI=1S/C23H29N/c1-16(2)19(5)23-14-22(13-12-17(23)3)20(6)24-15-18(4)21-10-8-7-9-11-21/h7-14,18,24H,6,15H2,1-5H3/t18-/m0/s1. The predicted octanol–water partition coefficient (Wildman–Crippen LogP) is 6.17. The first kappa shape index (κ1) is 18.1. The van der Waals surface area contributed by atoms with E-state index in [1.165, 1.54) is 27.8 Å². The fraction of sp³-hybridized carbons (Fsp3) is 0.304. The van der Waals surface area contributed by atoms with Crippen LogP contribution in [0.25, 0.3) is 11.3 Å². The Kier molecular flexibility index (Phi) is 6.03. The van der Waals surface area contributed by atoms with Crippen molar-refractivity contribution in [1.29, 1.82) is 0 Å². The molecule has 0 saturated heterocycles. The number of aryl methyl sites for hydroxylation is 1. The molecule has 1 atom stereocenters.